The van der Waals surface area contributed by atoms with Gasteiger partial charge >= 0.3 is 0 Å². The summed E-state index contributed by atoms with van der Waals surface area (Å²) in [4.78, 5) is 37.7. The highest BCUT2D eigenvalue weighted by molar-refractivity contribution is 5.90. The van der Waals surface area contributed by atoms with E-state index in [9.17, 15) is 14.0 Å². The second kappa shape index (κ2) is 9.28. The van der Waals surface area contributed by atoms with Crippen molar-refractivity contribution >= 4 is 11.8 Å². The summed E-state index contributed by atoms with van der Waals surface area (Å²) < 4.78 is 19.6. The van der Waals surface area contributed by atoms with Crippen molar-refractivity contribution in [3.8, 4) is 11.9 Å². The Morgan fingerprint density at radius 1 is 1.25 bits per heavy atom. The van der Waals surface area contributed by atoms with Gasteiger partial charge in [-0.25, -0.2) is 19.4 Å². The highest BCUT2D eigenvalue weighted by atomic mass is 19.1. The maximum absolute atomic E-state index is 13.9. The molecule has 166 valence electrons. The summed E-state index contributed by atoms with van der Waals surface area (Å²) in [5.74, 6) is -1.16. The van der Waals surface area contributed by atoms with E-state index < -0.39 is 17.8 Å². The van der Waals surface area contributed by atoms with Crippen LogP contribution >= 0.6 is 0 Å². The van der Waals surface area contributed by atoms with Crippen molar-refractivity contribution in [2.24, 2.45) is 17.6 Å². The van der Waals surface area contributed by atoms with E-state index in [1.807, 2.05) is 6.07 Å². The van der Waals surface area contributed by atoms with Crippen LogP contribution in [0, 0.1) is 29.0 Å². The van der Waals surface area contributed by atoms with Crippen molar-refractivity contribution in [1.82, 2.24) is 15.0 Å². The largest absolute Gasteiger partial charge is 0.477 e. The first-order valence-electron chi connectivity index (χ1n) is 10.4. The van der Waals surface area contributed by atoms with E-state index in [0.717, 1.165) is 12.5 Å². The number of carbonyl (C=O) groups excluding carboxylic acids is 2. The highest BCUT2D eigenvalue weighted by Crippen LogP contribution is 2.38. The van der Waals surface area contributed by atoms with Gasteiger partial charge in [-0.15, -0.1) is 0 Å². The number of halogens is 1. The Morgan fingerprint density at radius 2 is 2.09 bits per heavy atom. The third kappa shape index (κ3) is 4.68. The molecule has 2 N–H and O–H groups in total. The Balaban J connectivity index is 1.37. The number of nitrogens with two attached hydrogens (primary N) is 1. The van der Waals surface area contributed by atoms with Gasteiger partial charge in [0.2, 0.25) is 11.8 Å². The summed E-state index contributed by atoms with van der Waals surface area (Å²) in [5.41, 5.74) is 6.05. The molecule has 1 aromatic carbocycles. The molecule has 4 rings (SSSR count). The van der Waals surface area contributed by atoms with Crippen molar-refractivity contribution in [3.63, 3.8) is 0 Å². The Morgan fingerprint density at radius 3 is 2.88 bits per heavy atom. The maximum Gasteiger partial charge on any atom is 0.267 e. The van der Waals surface area contributed by atoms with Crippen LogP contribution in [0.5, 0.6) is 5.88 Å². The van der Waals surface area contributed by atoms with Crippen molar-refractivity contribution in [2.45, 2.75) is 31.7 Å². The molecule has 1 aliphatic carbocycles. The van der Waals surface area contributed by atoms with Crippen molar-refractivity contribution in [2.75, 3.05) is 13.2 Å². The molecule has 9 nitrogen and oxygen atoms in total. The molecule has 0 bridgehead atoms. The van der Waals surface area contributed by atoms with E-state index in [2.05, 4.69) is 9.97 Å². The molecule has 2 aliphatic rings. The Kier molecular flexibility index (Phi) is 6.28. The lowest BCUT2D eigenvalue weighted by Gasteiger charge is -2.26. The van der Waals surface area contributed by atoms with Gasteiger partial charge in [-0.05, 0) is 48.9 Å². The zero-order chi connectivity index (χ0) is 22.7. The van der Waals surface area contributed by atoms with Crippen LogP contribution in [-0.2, 0) is 9.63 Å². The number of hydrogen-bond acceptors (Lipinski definition) is 7. The molecule has 2 fully saturated rings. The second-order valence-corrected chi connectivity index (χ2v) is 7.98. The lowest BCUT2D eigenvalue weighted by Crippen LogP contribution is -2.34. The number of hydroxylamine groups is 2. The van der Waals surface area contributed by atoms with E-state index in [-0.39, 0.29) is 34.9 Å². The summed E-state index contributed by atoms with van der Waals surface area (Å²) in [6.45, 7) is 0.697. The number of rotatable bonds is 6. The fourth-order valence-corrected chi connectivity index (χ4v) is 4.25. The molecule has 3 atom stereocenters. The first-order valence-corrected chi connectivity index (χ1v) is 10.4. The number of primary amides is 1. The minimum Gasteiger partial charge on any atom is -0.477 e. The predicted molar refractivity (Wildman–Crippen MR) is 108 cm³/mol. The monoisotopic (exact) mass is 439 g/mol. The fourth-order valence-electron chi connectivity index (χ4n) is 4.25. The Hall–Kier alpha value is -3.58. The third-order valence-corrected chi connectivity index (χ3v) is 5.81. The van der Waals surface area contributed by atoms with Crippen LogP contribution < -0.4 is 10.5 Å². The lowest BCUT2D eigenvalue weighted by molar-refractivity contribution is -0.181. The SMILES string of the molecule is N#Cc1cc(F)cc([C@@H]2CCON2C(=O)[C@H]2CC[C@H](COc3cc(C(N)=O)ncn3)C2)c1. The number of aromatic nitrogens is 2. The fraction of sp³-hybridized carbons (Fsp3) is 0.409. The van der Waals surface area contributed by atoms with Gasteiger partial charge in [0, 0.05) is 18.4 Å². The third-order valence-electron chi connectivity index (χ3n) is 5.81. The van der Waals surface area contributed by atoms with E-state index in [4.69, 9.17) is 20.6 Å². The molecule has 2 amide bonds. The van der Waals surface area contributed by atoms with Crippen LogP contribution in [0.4, 0.5) is 4.39 Å². The number of carbonyl (C=O) groups is 2. The van der Waals surface area contributed by atoms with Crippen LogP contribution in [0.2, 0.25) is 0 Å². The van der Waals surface area contributed by atoms with Crippen molar-refractivity contribution in [3.05, 3.63) is 53.2 Å². The Bertz CT molecular complexity index is 1070. The number of benzene rings is 1. The van der Waals surface area contributed by atoms with E-state index in [1.165, 1.54) is 23.5 Å². The minimum atomic E-state index is -0.663. The summed E-state index contributed by atoms with van der Waals surface area (Å²) >= 11 is 0. The summed E-state index contributed by atoms with van der Waals surface area (Å²) in [6, 6.07) is 7.00. The number of amides is 2. The average molecular weight is 439 g/mol. The molecule has 1 saturated heterocycles. The van der Waals surface area contributed by atoms with E-state index in [0.29, 0.717) is 38.0 Å². The van der Waals surface area contributed by atoms with Gasteiger partial charge in [0.05, 0.1) is 30.9 Å². The number of nitrogens with zero attached hydrogens (tertiary/aromatic N) is 4. The van der Waals surface area contributed by atoms with Gasteiger partial charge in [0.25, 0.3) is 5.91 Å². The normalized spacial score (nSPS) is 22.5. The molecule has 2 aromatic rings. The van der Waals surface area contributed by atoms with Gasteiger partial charge in [-0.1, -0.05) is 0 Å². The first-order chi connectivity index (χ1) is 15.4. The zero-order valence-electron chi connectivity index (χ0n) is 17.2. The summed E-state index contributed by atoms with van der Waals surface area (Å²) in [5, 5.41) is 10.5. The van der Waals surface area contributed by atoms with Gasteiger partial charge in [0.15, 0.2) is 0 Å². The summed E-state index contributed by atoms with van der Waals surface area (Å²) in [7, 11) is 0. The lowest BCUT2D eigenvalue weighted by atomic mass is 9.99. The van der Waals surface area contributed by atoms with Crippen LogP contribution in [0.3, 0.4) is 0 Å². The highest BCUT2D eigenvalue weighted by Gasteiger charge is 2.39. The van der Waals surface area contributed by atoms with Gasteiger partial charge < -0.3 is 10.5 Å². The van der Waals surface area contributed by atoms with E-state index in [1.54, 1.807) is 6.07 Å². The number of hydrogen-bond donors (Lipinski definition) is 1. The standard InChI is InChI=1S/C22H22FN5O4/c23-17-7-14(10-24)6-16(8-17)19-3-4-32-28(19)22(30)15-2-1-13(5-15)11-31-20-9-18(21(25)29)26-12-27-20/h6-9,12-13,15,19H,1-5,11H2,(H2,25,29)/t13-,15-,19-/m0/s1. The number of nitriles is 1. The first kappa shape index (κ1) is 21.6. The van der Waals surface area contributed by atoms with Crippen LogP contribution in [0.1, 0.15) is 53.3 Å². The minimum absolute atomic E-state index is 0.0728. The smallest absolute Gasteiger partial charge is 0.267 e. The van der Waals surface area contributed by atoms with Gasteiger partial charge in [0.1, 0.15) is 17.8 Å². The second-order valence-electron chi connectivity index (χ2n) is 7.98. The molecule has 10 heteroatoms. The van der Waals surface area contributed by atoms with Crippen molar-refractivity contribution < 1.29 is 23.6 Å². The average Bonchev–Trinajstić information content (AvgIpc) is 3.47. The van der Waals surface area contributed by atoms with Gasteiger partial charge in [-0.2, -0.15) is 5.26 Å². The molecule has 0 spiro atoms. The summed E-state index contributed by atoms with van der Waals surface area (Å²) in [6.07, 6.45) is 3.84. The van der Waals surface area contributed by atoms with Crippen LogP contribution in [0.15, 0.2) is 30.6 Å². The van der Waals surface area contributed by atoms with Crippen LogP contribution in [-0.4, -0.2) is 40.1 Å². The molecular formula is C22H22FN5O4. The van der Waals surface area contributed by atoms with Crippen LogP contribution in [0.25, 0.3) is 0 Å². The molecule has 1 aromatic heterocycles. The molecule has 0 radical (unpaired) electrons. The zero-order valence-corrected chi connectivity index (χ0v) is 17.2. The molecule has 2 heterocycles. The molecule has 1 saturated carbocycles. The van der Waals surface area contributed by atoms with E-state index >= 15 is 0 Å². The molecule has 32 heavy (non-hydrogen) atoms. The predicted octanol–water partition coefficient (Wildman–Crippen LogP) is 2.29. The number of ether oxygens (including phenoxy) is 1. The maximum atomic E-state index is 13.9. The quantitative estimate of drug-likeness (QED) is 0.730. The molecular weight excluding hydrogens is 417 g/mol. The Labute approximate surface area is 183 Å². The molecule has 1 aliphatic heterocycles. The molecule has 0 unspecified atom stereocenters. The topological polar surface area (TPSA) is 131 Å². The van der Waals surface area contributed by atoms with Gasteiger partial charge in [-0.3, -0.25) is 14.4 Å². The van der Waals surface area contributed by atoms with Crippen molar-refractivity contribution in [1.29, 1.82) is 5.26 Å².